The van der Waals surface area contributed by atoms with Crippen LogP contribution in [-0.4, -0.2) is 9.49 Å². The first-order valence-electron chi connectivity index (χ1n) is 5.17. The van der Waals surface area contributed by atoms with Gasteiger partial charge in [0.2, 0.25) is 0 Å². The highest BCUT2D eigenvalue weighted by molar-refractivity contribution is 5.47. The summed E-state index contributed by atoms with van der Waals surface area (Å²) in [5, 5.41) is 19.7. The SMILES string of the molecule is Cc1c([N+](=O)[O-])cn(CC(C)C)c(=O)c1C#N. The average molecular weight is 235 g/mol. The highest BCUT2D eigenvalue weighted by Crippen LogP contribution is 2.18. The summed E-state index contributed by atoms with van der Waals surface area (Å²) < 4.78 is 1.23. The Morgan fingerprint density at radius 1 is 1.59 bits per heavy atom. The normalized spacial score (nSPS) is 10.3. The molecule has 0 saturated heterocycles. The molecule has 90 valence electrons. The number of nitrogens with zero attached hydrogens (tertiary/aromatic N) is 3. The third-order valence-electron chi connectivity index (χ3n) is 2.38. The lowest BCUT2D eigenvalue weighted by Crippen LogP contribution is -2.26. The maximum atomic E-state index is 11.8. The van der Waals surface area contributed by atoms with Crippen LogP contribution in [-0.2, 0) is 6.54 Å². The third-order valence-corrected chi connectivity index (χ3v) is 2.38. The van der Waals surface area contributed by atoms with Crippen LogP contribution in [0.2, 0.25) is 0 Å². The van der Waals surface area contributed by atoms with Crippen molar-refractivity contribution in [2.24, 2.45) is 5.92 Å². The molecule has 17 heavy (non-hydrogen) atoms. The summed E-state index contributed by atoms with van der Waals surface area (Å²) in [6.07, 6.45) is 1.21. The summed E-state index contributed by atoms with van der Waals surface area (Å²) in [5.41, 5.74) is -0.687. The van der Waals surface area contributed by atoms with Crippen LogP contribution in [0.5, 0.6) is 0 Å². The molecule has 0 fully saturated rings. The van der Waals surface area contributed by atoms with Crippen LogP contribution in [0.25, 0.3) is 0 Å². The Bertz CT molecular complexity index is 552. The molecule has 6 heteroatoms. The molecule has 0 aliphatic heterocycles. The van der Waals surface area contributed by atoms with Gasteiger partial charge in [-0.05, 0) is 12.8 Å². The van der Waals surface area contributed by atoms with Gasteiger partial charge in [0.1, 0.15) is 11.6 Å². The molecule has 0 bridgehead atoms. The first kappa shape index (κ1) is 12.9. The minimum atomic E-state index is -0.577. The minimum Gasteiger partial charge on any atom is -0.307 e. The number of aromatic nitrogens is 1. The molecule has 1 aromatic rings. The Morgan fingerprint density at radius 3 is 2.59 bits per heavy atom. The Hall–Kier alpha value is -2.16. The summed E-state index contributed by atoms with van der Waals surface area (Å²) in [4.78, 5) is 22.1. The van der Waals surface area contributed by atoms with E-state index in [2.05, 4.69) is 0 Å². The second kappa shape index (κ2) is 4.78. The van der Waals surface area contributed by atoms with Crippen LogP contribution >= 0.6 is 0 Å². The average Bonchev–Trinajstić information content (AvgIpc) is 2.22. The van der Waals surface area contributed by atoms with E-state index >= 15 is 0 Å². The summed E-state index contributed by atoms with van der Waals surface area (Å²) >= 11 is 0. The molecule has 0 saturated carbocycles. The molecule has 0 atom stereocenters. The lowest BCUT2D eigenvalue weighted by molar-refractivity contribution is -0.386. The van der Waals surface area contributed by atoms with Crippen molar-refractivity contribution in [2.75, 3.05) is 0 Å². The molecule has 0 radical (unpaired) electrons. The van der Waals surface area contributed by atoms with E-state index in [1.54, 1.807) is 6.07 Å². The second-order valence-corrected chi connectivity index (χ2v) is 4.23. The third kappa shape index (κ3) is 2.50. The topological polar surface area (TPSA) is 88.9 Å². The molecule has 1 heterocycles. The van der Waals surface area contributed by atoms with Gasteiger partial charge in [-0.25, -0.2) is 0 Å². The highest BCUT2D eigenvalue weighted by Gasteiger charge is 2.19. The van der Waals surface area contributed by atoms with Crippen molar-refractivity contribution in [2.45, 2.75) is 27.3 Å². The zero-order valence-electron chi connectivity index (χ0n) is 9.93. The van der Waals surface area contributed by atoms with Gasteiger partial charge in [-0.1, -0.05) is 13.8 Å². The predicted molar refractivity (Wildman–Crippen MR) is 61.6 cm³/mol. The zero-order valence-corrected chi connectivity index (χ0v) is 9.93. The molecule has 0 N–H and O–H groups in total. The highest BCUT2D eigenvalue weighted by atomic mass is 16.6. The van der Waals surface area contributed by atoms with Gasteiger partial charge in [-0.2, -0.15) is 5.26 Å². The molecule has 0 aromatic carbocycles. The van der Waals surface area contributed by atoms with Crippen LogP contribution in [0, 0.1) is 34.3 Å². The largest absolute Gasteiger partial charge is 0.307 e. The van der Waals surface area contributed by atoms with Gasteiger partial charge in [0.25, 0.3) is 11.2 Å². The molecule has 0 amide bonds. The van der Waals surface area contributed by atoms with Crippen molar-refractivity contribution in [3.05, 3.63) is 37.8 Å². The van der Waals surface area contributed by atoms with Gasteiger partial charge in [-0.15, -0.1) is 0 Å². The molecule has 0 unspecified atom stereocenters. The summed E-state index contributed by atoms with van der Waals surface area (Å²) in [6.45, 7) is 5.56. The molecule has 1 rings (SSSR count). The van der Waals surface area contributed by atoms with E-state index in [1.165, 1.54) is 17.7 Å². The van der Waals surface area contributed by atoms with E-state index in [0.717, 1.165) is 0 Å². The lowest BCUT2D eigenvalue weighted by atomic mass is 10.1. The Kier molecular flexibility index (Phi) is 3.63. The molecular weight excluding hydrogens is 222 g/mol. The van der Waals surface area contributed by atoms with E-state index in [0.29, 0.717) is 6.54 Å². The van der Waals surface area contributed by atoms with Crippen molar-refractivity contribution < 1.29 is 4.92 Å². The van der Waals surface area contributed by atoms with Crippen molar-refractivity contribution in [3.63, 3.8) is 0 Å². The standard InChI is InChI=1S/C11H13N3O3/c1-7(2)5-13-6-10(14(16)17)8(3)9(4-12)11(13)15/h6-7H,5H2,1-3H3. The minimum absolute atomic E-state index is 0.127. The quantitative estimate of drug-likeness (QED) is 0.587. The van der Waals surface area contributed by atoms with Crippen molar-refractivity contribution in [1.82, 2.24) is 4.57 Å². The van der Waals surface area contributed by atoms with E-state index in [4.69, 9.17) is 5.26 Å². The zero-order chi connectivity index (χ0) is 13.2. The maximum Gasteiger partial charge on any atom is 0.289 e. The van der Waals surface area contributed by atoms with Crippen LogP contribution in [0.4, 0.5) is 5.69 Å². The van der Waals surface area contributed by atoms with Gasteiger partial charge in [0, 0.05) is 6.54 Å². The molecule has 0 aliphatic rings. The van der Waals surface area contributed by atoms with Gasteiger partial charge >= 0.3 is 0 Å². The van der Waals surface area contributed by atoms with Gasteiger partial charge in [0.05, 0.1) is 16.7 Å². The summed E-state index contributed by atoms with van der Waals surface area (Å²) in [7, 11) is 0. The first-order valence-corrected chi connectivity index (χ1v) is 5.17. The fourth-order valence-corrected chi connectivity index (χ4v) is 1.58. The van der Waals surface area contributed by atoms with Crippen molar-refractivity contribution in [1.29, 1.82) is 5.26 Å². The smallest absolute Gasteiger partial charge is 0.289 e. The maximum absolute atomic E-state index is 11.8. The molecule has 0 spiro atoms. The lowest BCUT2D eigenvalue weighted by Gasteiger charge is -2.10. The van der Waals surface area contributed by atoms with E-state index in [9.17, 15) is 14.9 Å². The van der Waals surface area contributed by atoms with Crippen LogP contribution in [0.3, 0.4) is 0 Å². The number of hydrogen-bond donors (Lipinski definition) is 0. The molecule has 0 aliphatic carbocycles. The van der Waals surface area contributed by atoms with Gasteiger partial charge in [0.15, 0.2) is 0 Å². The fourth-order valence-electron chi connectivity index (χ4n) is 1.58. The first-order chi connectivity index (χ1) is 7.88. The number of nitriles is 1. The number of pyridine rings is 1. The predicted octanol–water partition coefficient (Wildman–Crippen LogP) is 1.59. The second-order valence-electron chi connectivity index (χ2n) is 4.23. The summed E-state index contributed by atoms with van der Waals surface area (Å²) in [5.74, 6) is 0.168. The van der Waals surface area contributed by atoms with Crippen LogP contribution in [0.1, 0.15) is 25.0 Å². The monoisotopic (exact) mass is 235 g/mol. The van der Waals surface area contributed by atoms with E-state index in [1.807, 2.05) is 13.8 Å². The number of nitro groups is 1. The molecular formula is C11H13N3O3. The van der Waals surface area contributed by atoms with Crippen molar-refractivity contribution >= 4 is 5.69 Å². The Labute approximate surface area is 98.3 Å². The molecule has 1 aromatic heterocycles. The number of hydrogen-bond acceptors (Lipinski definition) is 4. The van der Waals surface area contributed by atoms with Gasteiger partial charge in [-0.3, -0.25) is 14.9 Å². The fraction of sp³-hybridized carbons (Fsp3) is 0.455. The Morgan fingerprint density at radius 2 is 2.18 bits per heavy atom. The number of rotatable bonds is 3. The summed E-state index contributed by atoms with van der Waals surface area (Å²) in [6, 6.07) is 1.73. The Balaban J connectivity index is 3.54. The van der Waals surface area contributed by atoms with Crippen molar-refractivity contribution in [3.8, 4) is 6.07 Å². The van der Waals surface area contributed by atoms with E-state index in [-0.39, 0.29) is 22.7 Å². The van der Waals surface area contributed by atoms with E-state index < -0.39 is 10.5 Å². The molecule has 6 nitrogen and oxygen atoms in total. The van der Waals surface area contributed by atoms with Crippen LogP contribution < -0.4 is 5.56 Å². The van der Waals surface area contributed by atoms with Crippen LogP contribution in [0.15, 0.2) is 11.0 Å². The van der Waals surface area contributed by atoms with Gasteiger partial charge < -0.3 is 4.57 Å².